The average Bonchev–Trinajstić information content (AvgIpc) is 2.38. The molecule has 2 amide bonds. The Morgan fingerprint density at radius 1 is 1.15 bits per heavy atom. The van der Waals surface area contributed by atoms with Gasteiger partial charge in [-0.25, -0.2) is 0 Å². The zero-order valence-electron chi connectivity index (χ0n) is 12.6. The van der Waals surface area contributed by atoms with Crippen LogP contribution in [0.5, 0.6) is 5.75 Å². The molecule has 0 unspecified atom stereocenters. The lowest BCUT2D eigenvalue weighted by Crippen LogP contribution is -2.46. The smallest absolute Gasteiger partial charge is 0.246 e. The number of ether oxygens (including phenoxy) is 1. The van der Waals surface area contributed by atoms with Gasteiger partial charge in [0, 0.05) is 11.1 Å². The number of amides is 2. The van der Waals surface area contributed by atoms with Crippen LogP contribution in [0.25, 0.3) is 0 Å². The fourth-order valence-corrected chi connectivity index (χ4v) is 1.40. The van der Waals surface area contributed by atoms with Crippen LogP contribution in [-0.2, 0) is 9.59 Å². The molecule has 1 aromatic carbocycles. The van der Waals surface area contributed by atoms with Crippen molar-refractivity contribution >= 4 is 17.5 Å². The molecule has 0 saturated heterocycles. The van der Waals surface area contributed by atoms with E-state index in [1.807, 2.05) is 0 Å². The lowest BCUT2D eigenvalue weighted by atomic mass is 9.95. The minimum absolute atomic E-state index is 0.158. The van der Waals surface area contributed by atoms with Crippen LogP contribution in [0.3, 0.4) is 0 Å². The molecule has 20 heavy (non-hydrogen) atoms. The van der Waals surface area contributed by atoms with Gasteiger partial charge in [0.25, 0.3) is 0 Å². The fourth-order valence-electron chi connectivity index (χ4n) is 1.40. The molecule has 0 aliphatic heterocycles. The van der Waals surface area contributed by atoms with Gasteiger partial charge in [-0.05, 0) is 31.2 Å². The van der Waals surface area contributed by atoms with Crippen LogP contribution >= 0.6 is 0 Å². The number of nitrogens with one attached hydrogen (secondary N) is 2. The number of carbonyl (C=O) groups is 2. The fraction of sp³-hybridized carbons (Fsp3) is 0.467. The van der Waals surface area contributed by atoms with Gasteiger partial charge >= 0.3 is 0 Å². The second-order valence-electron chi connectivity index (χ2n) is 5.66. The van der Waals surface area contributed by atoms with Gasteiger partial charge in [0.05, 0.1) is 7.11 Å². The Balaban J connectivity index is 2.59. The van der Waals surface area contributed by atoms with Crippen molar-refractivity contribution in [2.24, 2.45) is 5.41 Å². The van der Waals surface area contributed by atoms with Gasteiger partial charge in [0.1, 0.15) is 11.8 Å². The van der Waals surface area contributed by atoms with E-state index >= 15 is 0 Å². The molecule has 0 spiro atoms. The first-order valence-corrected chi connectivity index (χ1v) is 6.50. The van der Waals surface area contributed by atoms with Crippen LogP contribution in [0.2, 0.25) is 0 Å². The summed E-state index contributed by atoms with van der Waals surface area (Å²) < 4.78 is 5.04. The van der Waals surface area contributed by atoms with Crippen molar-refractivity contribution in [3.05, 3.63) is 24.3 Å². The maximum Gasteiger partial charge on any atom is 0.246 e. The SMILES string of the molecule is COc1ccc(NC(=O)[C@@H](C)NC(=O)C(C)(C)C)cc1. The molecule has 5 heteroatoms. The van der Waals surface area contributed by atoms with E-state index in [9.17, 15) is 9.59 Å². The van der Waals surface area contributed by atoms with Crippen molar-refractivity contribution in [3.8, 4) is 5.75 Å². The molecule has 0 fully saturated rings. The third kappa shape index (κ3) is 4.57. The molecule has 0 bridgehead atoms. The van der Waals surface area contributed by atoms with Gasteiger partial charge in [-0.15, -0.1) is 0 Å². The Labute approximate surface area is 119 Å². The number of anilines is 1. The molecule has 1 aromatic rings. The highest BCUT2D eigenvalue weighted by atomic mass is 16.5. The summed E-state index contributed by atoms with van der Waals surface area (Å²) in [6.07, 6.45) is 0. The molecule has 1 atom stereocenters. The highest BCUT2D eigenvalue weighted by molar-refractivity contribution is 5.97. The van der Waals surface area contributed by atoms with Gasteiger partial charge in [-0.3, -0.25) is 9.59 Å². The molecule has 0 aliphatic rings. The van der Waals surface area contributed by atoms with Gasteiger partial charge < -0.3 is 15.4 Å². The van der Waals surface area contributed by atoms with E-state index in [2.05, 4.69) is 10.6 Å². The summed E-state index contributed by atoms with van der Waals surface area (Å²) in [6.45, 7) is 7.06. The first-order valence-electron chi connectivity index (χ1n) is 6.50. The van der Waals surface area contributed by atoms with E-state index < -0.39 is 11.5 Å². The van der Waals surface area contributed by atoms with Crippen LogP contribution < -0.4 is 15.4 Å². The van der Waals surface area contributed by atoms with E-state index in [0.29, 0.717) is 5.69 Å². The third-order valence-corrected chi connectivity index (χ3v) is 2.78. The highest BCUT2D eigenvalue weighted by Crippen LogP contribution is 2.16. The Kier molecular flexibility index (Phi) is 5.13. The molecular formula is C15H22N2O3. The second kappa shape index (κ2) is 6.41. The maximum atomic E-state index is 12.0. The molecule has 1 rings (SSSR count). The Hall–Kier alpha value is -2.04. The average molecular weight is 278 g/mol. The number of hydrogen-bond donors (Lipinski definition) is 2. The van der Waals surface area contributed by atoms with Crippen molar-refractivity contribution in [1.29, 1.82) is 0 Å². The van der Waals surface area contributed by atoms with Gasteiger partial charge in [0.2, 0.25) is 11.8 Å². The number of methoxy groups -OCH3 is 1. The zero-order valence-corrected chi connectivity index (χ0v) is 12.6. The largest absolute Gasteiger partial charge is 0.497 e. The van der Waals surface area contributed by atoms with Crippen molar-refractivity contribution in [3.63, 3.8) is 0 Å². The third-order valence-electron chi connectivity index (χ3n) is 2.78. The summed E-state index contributed by atoms with van der Waals surface area (Å²) in [4.78, 5) is 23.8. The molecule has 0 aliphatic carbocycles. The predicted molar refractivity (Wildman–Crippen MR) is 78.7 cm³/mol. The molecule has 110 valence electrons. The summed E-state index contributed by atoms with van der Waals surface area (Å²) in [5.41, 5.74) is 0.141. The van der Waals surface area contributed by atoms with E-state index in [0.717, 1.165) is 5.75 Å². The first kappa shape index (κ1) is 16.0. The van der Waals surface area contributed by atoms with E-state index in [1.165, 1.54) is 0 Å². The van der Waals surface area contributed by atoms with Crippen molar-refractivity contribution in [2.75, 3.05) is 12.4 Å². The van der Waals surface area contributed by atoms with Crippen LogP contribution in [0.4, 0.5) is 5.69 Å². The summed E-state index contributed by atoms with van der Waals surface area (Å²) >= 11 is 0. The van der Waals surface area contributed by atoms with Crippen LogP contribution in [0, 0.1) is 5.41 Å². The van der Waals surface area contributed by atoms with E-state index in [-0.39, 0.29) is 11.8 Å². The lowest BCUT2D eigenvalue weighted by Gasteiger charge is -2.21. The minimum Gasteiger partial charge on any atom is -0.497 e. The lowest BCUT2D eigenvalue weighted by molar-refractivity contribution is -0.131. The monoisotopic (exact) mass is 278 g/mol. The van der Waals surface area contributed by atoms with Crippen molar-refractivity contribution < 1.29 is 14.3 Å². The van der Waals surface area contributed by atoms with Gasteiger partial charge in [-0.1, -0.05) is 20.8 Å². The summed E-state index contributed by atoms with van der Waals surface area (Å²) in [5, 5.41) is 5.43. The number of hydrogen-bond acceptors (Lipinski definition) is 3. The maximum absolute atomic E-state index is 12.0. The quantitative estimate of drug-likeness (QED) is 0.887. The molecule has 0 aromatic heterocycles. The summed E-state index contributed by atoms with van der Waals surface area (Å²) in [7, 11) is 1.58. The van der Waals surface area contributed by atoms with E-state index in [4.69, 9.17) is 4.74 Å². The molecule has 2 N–H and O–H groups in total. The van der Waals surface area contributed by atoms with Crippen LogP contribution in [0.1, 0.15) is 27.7 Å². The van der Waals surface area contributed by atoms with Crippen molar-refractivity contribution in [2.45, 2.75) is 33.7 Å². The molecule has 0 saturated carbocycles. The topological polar surface area (TPSA) is 67.4 Å². The van der Waals surface area contributed by atoms with Crippen molar-refractivity contribution in [1.82, 2.24) is 5.32 Å². The molecular weight excluding hydrogens is 256 g/mol. The minimum atomic E-state index is -0.594. The summed E-state index contributed by atoms with van der Waals surface area (Å²) in [5.74, 6) is 0.305. The normalized spacial score (nSPS) is 12.4. The highest BCUT2D eigenvalue weighted by Gasteiger charge is 2.25. The molecule has 0 heterocycles. The number of carbonyl (C=O) groups excluding carboxylic acids is 2. The first-order chi connectivity index (χ1) is 9.24. The molecule has 0 radical (unpaired) electrons. The zero-order chi connectivity index (χ0) is 15.3. The Bertz CT molecular complexity index is 475. The summed E-state index contributed by atoms with van der Waals surface area (Å²) in [6, 6.07) is 6.41. The Morgan fingerprint density at radius 3 is 2.15 bits per heavy atom. The van der Waals surface area contributed by atoms with Gasteiger partial charge in [0.15, 0.2) is 0 Å². The second-order valence-corrected chi connectivity index (χ2v) is 5.66. The van der Waals surface area contributed by atoms with Gasteiger partial charge in [-0.2, -0.15) is 0 Å². The molecule has 5 nitrogen and oxygen atoms in total. The van der Waals surface area contributed by atoms with Crippen LogP contribution in [0.15, 0.2) is 24.3 Å². The van der Waals surface area contributed by atoms with E-state index in [1.54, 1.807) is 59.1 Å². The number of rotatable bonds is 4. The Morgan fingerprint density at radius 2 is 1.70 bits per heavy atom. The standard InChI is InChI=1S/C15H22N2O3/c1-10(16-14(19)15(2,3)4)13(18)17-11-6-8-12(20-5)9-7-11/h6-10H,1-5H3,(H,16,19)(H,17,18)/t10-/m1/s1. The number of benzene rings is 1. The predicted octanol–water partition coefficient (Wildman–Crippen LogP) is 2.18. The van der Waals surface area contributed by atoms with Crippen LogP contribution in [-0.4, -0.2) is 25.0 Å².